The van der Waals surface area contributed by atoms with E-state index in [0.717, 1.165) is 12.8 Å². The first-order chi connectivity index (χ1) is 9.98. The fourth-order valence-corrected chi connectivity index (χ4v) is 3.04. The van der Waals surface area contributed by atoms with Crippen LogP contribution in [0.3, 0.4) is 0 Å². The molecule has 0 aromatic carbocycles. The van der Waals surface area contributed by atoms with Gasteiger partial charge in [0.25, 0.3) is 0 Å². The Hall–Kier alpha value is -1.57. The second kappa shape index (κ2) is 8.02. The van der Waals surface area contributed by atoms with E-state index in [1.807, 2.05) is 13.8 Å². The van der Waals surface area contributed by atoms with Crippen LogP contribution >= 0.6 is 0 Å². The smallest absolute Gasteiger partial charge is 0.224 e. The zero-order valence-electron chi connectivity index (χ0n) is 13.4. The second-order valence-electron chi connectivity index (χ2n) is 5.96. The Labute approximate surface area is 127 Å². The monoisotopic (exact) mass is 293 g/mol. The maximum absolute atomic E-state index is 12.4. The van der Waals surface area contributed by atoms with Crippen molar-refractivity contribution in [3.05, 3.63) is 0 Å². The first kappa shape index (κ1) is 17.5. The lowest BCUT2D eigenvalue weighted by Crippen LogP contribution is -2.51. The number of hydrogen-bond acceptors (Lipinski definition) is 3. The summed E-state index contributed by atoms with van der Waals surface area (Å²) in [6, 6.07) is 2.32. The van der Waals surface area contributed by atoms with Crippen LogP contribution < -0.4 is 5.32 Å². The summed E-state index contributed by atoms with van der Waals surface area (Å²) in [4.78, 5) is 25.5. The Balaban J connectivity index is 2.63. The van der Waals surface area contributed by atoms with Crippen LogP contribution in [0, 0.1) is 17.2 Å². The van der Waals surface area contributed by atoms with Crippen LogP contribution in [0.5, 0.6) is 0 Å². The van der Waals surface area contributed by atoms with Crippen LogP contribution in [0.15, 0.2) is 0 Å². The summed E-state index contributed by atoms with van der Waals surface area (Å²) in [5.74, 6) is -0.0408. The minimum Gasteiger partial charge on any atom is -0.343 e. The summed E-state index contributed by atoms with van der Waals surface area (Å²) in [7, 11) is 0. The van der Waals surface area contributed by atoms with Gasteiger partial charge in [-0.15, -0.1) is 0 Å². The molecule has 0 bridgehead atoms. The van der Waals surface area contributed by atoms with Gasteiger partial charge in [0.05, 0.1) is 6.07 Å². The molecule has 1 aliphatic rings. The topological polar surface area (TPSA) is 73.2 Å². The van der Waals surface area contributed by atoms with Crippen molar-refractivity contribution in [1.29, 1.82) is 5.26 Å². The Kier molecular flexibility index (Phi) is 6.67. The highest BCUT2D eigenvalue weighted by Gasteiger charge is 2.34. The number of carbonyl (C=O) groups is 2. The Bertz CT molecular complexity index is 400. The van der Waals surface area contributed by atoms with Gasteiger partial charge in [0.2, 0.25) is 11.8 Å². The second-order valence-corrected chi connectivity index (χ2v) is 5.96. The van der Waals surface area contributed by atoms with Crippen LogP contribution in [0.1, 0.15) is 59.3 Å². The van der Waals surface area contributed by atoms with Crippen molar-refractivity contribution >= 4 is 11.8 Å². The molecular weight excluding hydrogens is 266 g/mol. The number of hydrogen-bond donors (Lipinski definition) is 1. The van der Waals surface area contributed by atoms with E-state index in [1.165, 1.54) is 0 Å². The lowest BCUT2D eigenvalue weighted by molar-refractivity contribution is -0.134. The molecule has 21 heavy (non-hydrogen) atoms. The van der Waals surface area contributed by atoms with Gasteiger partial charge in [0.15, 0.2) is 0 Å². The zero-order valence-corrected chi connectivity index (χ0v) is 13.4. The fourth-order valence-electron chi connectivity index (χ4n) is 3.04. The number of nitrogens with zero attached hydrogens (tertiary/aromatic N) is 2. The molecule has 1 aliphatic heterocycles. The standard InChI is InChI=1S/C16H27N3O2/c1-4-8-16(12-17,9-5-2)18-15(21)14-6-10-19(11-7-14)13(3)20/h14H,4-11H2,1-3H3,(H,18,21). The first-order valence-electron chi connectivity index (χ1n) is 7.96. The van der Waals surface area contributed by atoms with Crippen molar-refractivity contribution in [2.75, 3.05) is 13.1 Å². The van der Waals surface area contributed by atoms with E-state index < -0.39 is 5.54 Å². The molecule has 1 rings (SSSR count). The molecule has 0 radical (unpaired) electrons. The molecule has 5 heteroatoms. The predicted octanol–water partition coefficient (Wildman–Crippen LogP) is 2.22. The average molecular weight is 293 g/mol. The SMILES string of the molecule is CCCC(C#N)(CCC)NC(=O)C1CCN(C(C)=O)CC1. The summed E-state index contributed by atoms with van der Waals surface area (Å²) in [6.45, 7) is 6.88. The van der Waals surface area contributed by atoms with Gasteiger partial charge >= 0.3 is 0 Å². The van der Waals surface area contributed by atoms with Crippen molar-refractivity contribution in [1.82, 2.24) is 10.2 Å². The molecule has 1 saturated heterocycles. The maximum atomic E-state index is 12.4. The number of likely N-dealkylation sites (tertiary alicyclic amines) is 1. The normalized spacial score (nSPS) is 16.4. The number of carbonyl (C=O) groups excluding carboxylic acids is 2. The van der Waals surface area contributed by atoms with Crippen molar-refractivity contribution in [2.45, 2.75) is 64.8 Å². The summed E-state index contributed by atoms with van der Waals surface area (Å²) >= 11 is 0. The van der Waals surface area contributed by atoms with E-state index in [-0.39, 0.29) is 17.7 Å². The summed E-state index contributed by atoms with van der Waals surface area (Å²) in [5.41, 5.74) is -0.724. The van der Waals surface area contributed by atoms with Gasteiger partial charge in [-0.2, -0.15) is 5.26 Å². The number of nitriles is 1. The molecule has 1 heterocycles. The van der Waals surface area contributed by atoms with Crippen LogP contribution in [0.25, 0.3) is 0 Å². The minimum atomic E-state index is -0.724. The molecule has 0 spiro atoms. The van der Waals surface area contributed by atoms with E-state index in [0.29, 0.717) is 38.8 Å². The molecule has 0 aromatic rings. The molecule has 0 aromatic heterocycles. The third-order valence-electron chi connectivity index (χ3n) is 4.24. The van der Waals surface area contributed by atoms with Gasteiger partial charge in [0.1, 0.15) is 5.54 Å². The Morgan fingerprint density at radius 2 is 1.76 bits per heavy atom. The van der Waals surface area contributed by atoms with Gasteiger partial charge in [-0.25, -0.2) is 0 Å². The number of rotatable bonds is 6. The number of amides is 2. The van der Waals surface area contributed by atoms with Crippen LogP contribution in [-0.4, -0.2) is 35.3 Å². The highest BCUT2D eigenvalue weighted by molar-refractivity contribution is 5.80. The summed E-state index contributed by atoms with van der Waals surface area (Å²) in [6.07, 6.45) is 4.49. The molecule has 1 N–H and O–H groups in total. The van der Waals surface area contributed by atoms with Gasteiger partial charge in [0, 0.05) is 25.9 Å². The van der Waals surface area contributed by atoms with Crippen LogP contribution in [-0.2, 0) is 9.59 Å². The maximum Gasteiger partial charge on any atom is 0.224 e. The van der Waals surface area contributed by atoms with Gasteiger partial charge in [-0.3, -0.25) is 9.59 Å². The Morgan fingerprint density at radius 1 is 1.24 bits per heavy atom. The lowest BCUT2D eigenvalue weighted by Gasteiger charge is -2.33. The average Bonchev–Trinajstić information content (AvgIpc) is 2.47. The van der Waals surface area contributed by atoms with Gasteiger partial charge in [-0.05, 0) is 25.7 Å². The predicted molar refractivity (Wildman–Crippen MR) is 81.3 cm³/mol. The largest absolute Gasteiger partial charge is 0.343 e. The van der Waals surface area contributed by atoms with Crippen molar-refractivity contribution in [2.24, 2.45) is 5.92 Å². The Morgan fingerprint density at radius 3 is 2.14 bits per heavy atom. The zero-order chi connectivity index (χ0) is 15.9. The molecule has 2 amide bonds. The van der Waals surface area contributed by atoms with E-state index in [1.54, 1.807) is 11.8 Å². The highest BCUT2D eigenvalue weighted by atomic mass is 16.2. The summed E-state index contributed by atoms with van der Waals surface area (Å²) in [5, 5.41) is 12.5. The quantitative estimate of drug-likeness (QED) is 0.816. The van der Waals surface area contributed by atoms with Crippen molar-refractivity contribution in [3.8, 4) is 6.07 Å². The van der Waals surface area contributed by atoms with Crippen LogP contribution in [0.2, 0.25) is 0 Å². The highest BCUT2D eigenvalue weighted by Crippen LogP contribution is 2.23. The molecular formula is C16H27N3O2. The fraction of sp³-hybridized carbons (Fsp3) is 0.812. The van der Waals surface area contributed by atoms with E-state index in [9.17, 15) is 14.9 Å². The van der Waals surface area contributed by atoms with Crippen molar-refractivity contribution < 1.29 is 9.59 Å². The molecule has 5 nitrogen and oxygen atoms in total. The lowest BCUT2D eigenvalue weighted by atomic mass is 9.88. The minimum absolute atomic E-state index is 0.0262. The summed E-state index contributed by atoms with van der Waals surface area (Å²) < 4.78 is 0. The van der Waals surface area contributed by atoms with Gasteiger partial charge in [-0.1, -0.05) is 26.7 Å². The van der Waals surface area contributed by atoms with Crippen LogP contribution in [0.4, 0.5) is 0 Å². The first-order valence-corrected chi connectivity index (χ1v) is 7.96. The van der Waals surface area contributed by atoms with E-state index >= 15 is 0 Å². The number of nitrogens with one attached hydrogen (secondary N) is 1. The van der Waals surface area contributed by atoms with Gasteiger partial charge < -0.3 is 10.2 Å². The molecule has 0 saturated carbocycles. The molecule has 0 unspecified atom stereocenters. The molecule has 118 valence electrons. The molecule has 0 atom stereocenters. The molecule has 0 aliphatic carbocycles. The van der Waals surface area contributed by atoms with E-state index in [4.69, 9.17) is 0 Å². The van der Waals surface area contributed by atoms with Crippen molar-refractivity contribution in [3.63, 3.8) is 0 Å². The van der Waals surface area contributed by atoms with E-state index in [2.05, 4.69) is 11.4 Å². The third-order valence-corrected chi connectivity index (χ3v) is 4.24. The molecule has 1 fully saturated rings. The number of piperidine rings is 1. The third kappa shape index (κ3) is 4.73.